The molecule has 2 aromatic rings. The summed E-state index contributed by atoms with van der Waals surface area (Å²) in [5.41, 5.74) is 0.923. The van der Waals surface area contributed by atoms with Crippen LogP contribution < -0.4 is 10.2 Å². The van der Waals surface area contributed by atoms with E-state index in [4.69, 9.17) is 0 Å². The topological polar surface area (TPSA) is 78.4 Å². The number of carbonyl (C=O) groups excluding carboxylic acids is 1. The van der Waals surface area contributed by atoms with Gasteiger partial charge in [0.1, 0.15) is 23.6 Å². The summed E-state index contributed by atoms with van der Waals surface area (Å²) in [5, 5.41) is 12.0. The minimum atomic E-state index is -0.299. The van der Waals surface area contributed by atoms with Crippen LogP contribution in [-0.4, -0.2) is 34.1 Å². The first-order valence-electron chi connectivity index (χ1n) is 7.81. The van der Waals surface area contributed by atoms with Gasteiger partial charge in [0, 0.05) is 24.8 Å². The number of benzene rings is 1. The van der Waals surface area contributed by atoms with E-state index in [9.17, 15) is 9.90 Å². The Bertz CT molecular complexity index is 637. The van der Waals surface area contributed by atoms with Gasteiger partial charge in [-0.2, -0.15) is 0 Å². The molecular weight excluding hydrogens is 292 g/mol. The van der Waals surface area contributed by atoms with E-state index < -0.39 is 0 Å². The van der Waals surface area contributed by atoms with Crippen LogP contribution in [0.1, 0.15) is 37.2 Å². The van der Waals surface area contributed by atoms with Gasteiger partial charge >= 0.3 is 0 Å². The molecule has 122 valence electrons. The zero-order valence-corrected chi connectivity index (χ0v) is 13.5. The molecule has 1 aromatic heterocycles. The number of nitrogens with zero attached hydrogens (tertiary/aromatic N) is 3. The summed E-state index contributed by atoms with van der Waals surface area (Å²) >= 11 is 0. The summed E-state index contributed by atoms with van der Waals surface area (Å²) in [6.45, 7) is 6.01. The largest absolute Gasteiger partial charge is 0.508 e. The molecule has 0 spiro atoms. The van der Waals surface area contributed by atoms with Crippen LogP contribution >= 0.6 is 0 Å². The van der Waals surface area contributed by atoms with E-state index in [1.54, 1.807) is 18.2 Å². The van der Waals surface area contributed by atoms with E-state index in [2.05, 4.69) is 34.0 Å². The lowest BCUT2D eigenvalue weighted by Crippen LogP contribution is -2.26. The van der Waals surface area contributed by atoms with Crippen molar-refractivity contribution in [3.8, 4) is 5.75 Å². The van der Waals surface area contributed by atoms with E-state index >= 15 is 0 Å². The predicted molar refractivity (Wildman–Crippen MR) is 90.9 cm³/mol. The van der Waals surface area contributed by atoms with Crippen LogP contribution in [0.4, 0.5) is 11.5 Å². The van der Waals surface area contributed by atoms with Crippen molar-refractivity contribution in [1.29, 1.82) is 0 Å². The number of hydrogen-bond donors (Lipinski definition) is 2. The minimum absolute atomic E-state index is 0.155. The van der Waals surface area contributed by atoms with Crippen LogP contribution in [-0.2, 0) is 0 Å². The maximum Gasteiger partial charge on any atom is 0.274 e. The van der Waals surface area contributed by atoms with E-state index in [0.29, 0.717) is 11.4 Å². The second kappa shape index (κ2) is 8.12. The van der Waals surface area contributed by atoms with E-state index in [0.717, 1.165) is 31.7 Å². The number of aromatic nitrogens is 2. The van der Waals surface area contributed by atoms with Gasteiger partial charge in [0.15, 0.2) is 0 Å². The van der Waals surface area contributed by atoms with Gasteiger partial charge in [0.25, 0.3) is 5.91 Å². The van der Waals surface area contributed by atoms with E-state index in [-0.39, 0.29) is 11.7 Å². The molecule has 0 aliphatic carbocycles. The third kappa shape index (κ3) is 4.67. The quantitative estimate of drug-likeness (QED) is 0.768. The zero-order chi connectivity index (χ0) is 16.7. The molecule has 0 aliphatic heterocycles. The monoisotopic (exact) mass is 314 g/mol. The lowest BCUT2D eigenvalue weighted by molar-refractivity contribution is 0.102. The molecule has 1 amide bonds. The van der Waals surface area contributed by atoms with Gasteiger partial charge in [-0.25, -0.2) is 9.97 Å². The molecule has 0 saturated heterocycles. The summed E-state index contributed by atoms with van der Waals surface area (Å²) in [7, 11) is 0. The van der Waals surface area contributed by atoms with Gasteiger partial charge in [-0.3, -0.25) is 4.79 Å². The fourth-order valence-electron chi connectivity index (χ4n) is 2.26. The first kappa shape index (κ1) is 16.7. The molecule has 2 N–H and O–H groups in total. The minimum Gasteiger partial charge on any atom is -0.508 e. The highest BCUT2D eigenvalue weighted by Crippen LogP contribution is 2.16. The average molecular weight is 314 g/mol. The standard InChI is InChI=1S/C17H22N4O2/c1-3-9-21(10-4-2)16-11-15(18-12-19-16)17(23)20-13-5-7-14(22)8-6-13/h5-8,11-12,22H,3-4,9-10H2,1-2H3,(H,20,23). The molecule has 2 rings (SSSR count). The van der Waals surface area contributed by atoms with E-state index in [1.807, 2.05) is 0 Å². The first-order chi connectivity index (χ1) is 11.1. The second-order valence-corrected chi connectivity index (χ2v) is 5.25. The Hall–Kier alpha value is -2.63. The predicted octanol–water partition coefficient (Wildman–Crippen LogP) is 3.06. The summed E-state index contributed by atoms with van der Waals surface area (Å²) in [6.07, 6.45) is 3.44. The Balaban J connectivity index is 2.14. The smallest absolute Gasteiger partial charge is 0.274 e. The van der Waals surface area contributed by atoms with Gasteiger partial charge in [0.05, 0.1) is 0 Å². The van der Waals surface area contributed by atoms with Crippen molar-refractivity contribution >= 4 is 17.4 Å². The normalized spacial score (nSPS) is 10.3. The van der Waals surface area contributed by atoms with Crippen molar-refractivity contribution in [2.75, 3.05) is 23.3 Å². The molecule has 0 radical (unpaired) electrons. The van der Waals surface area contributed by atoms with Crippen molar-refractivity contribution in [3.63, 3.8) is 0 Å². The van der Waals surface area contributed by atoms with Crippen molar-refractivity contribution in [2.45, 2.75) is 26.7 Å². The molecule has 0 bridgehead atoms. The first-order valence-corrected chi connectivity index (χ1v) is 7.81. The summed E-state index contributed by atoms with van der Waals surface area (Å²) < 4.78 is 0. The van der Waals surface area contributed by atoms with Gasteiger partial charge in [-0.05, 0) is 37.1 Å². The maximum absolute atomic E-state index is 12.3. The molecule has 1 heterocycles. The SMILES string of the molecule is CCCN(CCC)c1cc(C(=O)Nc2ccc(O)cc2)ncn1. The molecular formula is C17H22N4O2. The second-order valence-electron chi connectivity index (χ2n) is 5.25. The van der Waals surface area contributed by atoms with Crippen molar-refractivity contribution in [1.82, 2.24) is 9.97 Å². The molecule has 1 aromatic carbocycles. The number of nitrogens with one attached hydrogen (secondary N) is 1. The molecule has 0 atom stereocenters. The number of anilines is 2. The summed E-state index contributed by atoms with van der Waals surface area (Å²) in [4.78, 5) is 22.8. The van der Waals surface area contributed by atoms with Gasteiger partial charge in [-0.15, -0.1) is 0 Å². The van der Waals surface area contributed by atoms with Gasteiger partial charge in [-0.1, -0.05) is 13.8 Å². The number of phenolic OH excluding ortho intramolecular Hbond substituents is 1. The highest BCUT2D eigenvalue weighted by Gasteiger charge is 2.12. The van der Waals surface area contributed by atoms with Crippen LogP contribution in [0.5, 0.6) is 5.75 Å². The number of aromatic hydroxyl groups is 1. The molecule has 0 aliphatic rings. The summed E-state index contributed by atoms with van der Waals surface area (Å²) in [6, 6.07) is 8.02. The number of carbonyl (C=O) groups is 1. The van der Waals surface area contributed by atoms with Crippen molar-refractivity contribution in [3.05, 3.63) is 42.4 Å². The number of phenols is 1. The maximum atomic E-state index is 12.3. The lowest BCUT2D eigenvalue weighted by atomic mass is 10.2. The third-order valence-electron chi connectivity index (χ3n) is 3.32. The van der Waals surface area contributed by atoms with E-state index in [1.165, 1.54) is 18.5 Å². The van der Waals surface area contributed by atoms with Crippen LogP contribution in [0.15, 0.2) is 36.7 Å². The molecule has 6 heteroatoms. The van der Waals surface area contributed by atoms with Crippen molar-refractivity contribution in [2.24, 2.45) is 0 Å². The fraction of sp³-hybridized carbons (Fsp3) is 0.353. The molecule has 0 saturated carbocycles. The number of hydrogen-bond acceptors (Lipinski definition) is 5. The zero-order valence-electron chi connectivity index (χ0n) is 13.5. The van der Waals surface area contributed by atoms with Crippen LogP contribution in [0.3, 0.4) is 0 Å². The Morgan fingerprint density at radius 3 is 2.39 bits per heavy atom. The van der Waals surface area contributed by atoms with Crippen molar-refractivity contribution < 1.29 is 9.90 Å². The van der Waals surface area contributed by atoms with Crippen LogP contribution in [0.25, 0.3) is 0 Å². The van der Waals surface area contributed by atoms with Gasteiger partial charge < -0.3 is 15.3 Å². The van der Waals surface area contributed by atoms with Gasteiger partial charge in [0.2, 0.25) is 0 Å². The highest BCUT2D eigenvalue weighted by molar-refractivity contribution is 6.03. The fourth-order valence-corrected chi connectivity index (χ4v) is 2.26. The highest BCUT2D eigenvalue weighted by atomic mass is 16.3. The Morgan fingerprint density at radius 2 is 1.78 bits per heavy atom. The lowest BCUT2D eigenvalue weighted by Gasteiger charge is -2.22. The number of amides is 1. The Labute approximate surface area is 136 Å². The Kier molecular flexibility index (Phi) is 5.91. The Morgan fingerprint density at radius 1 is 1.13 bits per heavy atom. The molecule has 23 heavy (non-hydrogen) atoms. The van der Waals surface area contributed by atoms with Crippen LogP contribution in [0, 0.1) is 0 Å². The third-order valence-corrected chi connectivity index (χ3v) is 3.32. The number of rotatable bonds is 7. The molecule has 0 fully saturated rings. The summed E-state index contributed by atoms with van der Waals surface area (Å²) in [5.74, 6) is 0.619. The van der Waals surface area contributed by atoms with Crippen LogP contribution in [0.2, 0.25) is 0 Å². The molecule has 6 nitrogen and oxygen atoms in total. The average Bonchev–Trinajstić information content (AvgIpc) is 2.57. The molecule has 0 unspecified atom stereocenters.